The number of benzene rings is 1. The molecule has 0 spiro atoms. The third kappa shape index (κ3) is 2.64. The highest BCUT2D eigenvalue weighted by Crippen LogP contribution is 2.42. The van der Waals surface area contributed by atoms with E-state index in [1.165, 1.54) is 6.07 Å². The fraction of sp³-hybridized carbons (Fsp3) is 0.562. The molecular weight excluding hydrogens is 253 g/mol. The minimum Gasteiger partial charge on any atom is -0.369 e. The zero-order chi connectivity index (χ0) is 14.2. The lowest BCUT2D eigenvalue weighted by atomic mass is 9.93. The number of nitrogens with one attached hydrogen (secondary N) is 1. The standard InChI is InChI=1S/C16H20FN3/c1-20(15-5-3-2-4-14(15)17)11-16(10-18,12-6-7-12)19-13-8-9-13/h2-5,12-13,19H,6-9,11H2,1H3. The molecule has 20 heavy (non-hydrogen) atoms. The van der Waals surface area contributed by atoms with Crippen LogP contribution in [0, 0.1) is 23.1 Å². The largest absolute Gasteiger partial charge is 0.369 e. The van der Waals surface area contributed by atoms with Crippen LogP contribution in [0.3, 0.4) is 0 Å². The van der Waals surface area contributed by atoms with Crippen LogP contribution in [0.2, 0.25) is 0 Å². The molecule has 0 saturated heterocycles. The molecule has 2 aliphatic carbocycles. The molecule has 3 nitrogen and oxygen atoms in total. The molecule has 0 radical (unpaired) electrons. The van der Waals surface area contributed by atoms with Crippen molar-refractivity contribution >= 4 is 5.69 Å². The number of hydrogen-bond donors (Lipinski definition) is 1. The molecule has 0 aromatic heterocycles. The number of rotatable bonds is 6. The maximum atomic E-state index is 13.9. The van der Waals surface area contributed by atoms with Crippen LogP contribution in [0.4, 0.5) is 10.1 Å². The summed E-state index contributed by atoms with van der Waals surface area (Å²) in [5.41, 5.74) is 0.0310. The first-order chi connectivity index (χ1) is 9.64. The molecule has 0 bridgehead atoms. The van der Waals surface area contributed by atoms with Crippen molar-refractivity contribution in [1.82, 2.24) is 5.32 Å². The molecule has 0 heterocycles. The fourth-order valence-electron chi connectivity index (χ4n) is 2.84. The van der Waals surface area contributed by atoms with Crippen molar-refractivity contribution in [3.05, 3.63) is 30.1 Å². The van der Waals surface area contributed by atoms with Gasteiger partial charge in [-0.1, -0.05) is 12.1 Å². The van der Waals surface area contributed by atoms with Crippen LogP contribution in [-0.2, 0) is 0 Å². The zero-order valence-corrected chi connectivity index (χ0v) is 11.8. The van der Waals surface area contributed by atoms with Crippen molar-refractivity contribution in [1.29, 1.82) is 5.26 Å². The van der Waals surface area contributed by atoms with E-state index >= 15 is 0 Å². The number of likely N-dealkylation sites (N-methyl/N-ethyl adjacent to an activating group) is 1. The maximum absolute atomic E-state index is 13.9. The van der Waals surface area contributed by atoms with Crippen molar-refractivity contribution in [2.45, 2.75) is 37.3 Å². The highest BCUT2D eigenvalue weighted by atomic mass is 19.1. The predicted molar refractivity (Wildman–Crippen MR) is 76.9 cm³/mol. The smallest absolute Gasteiger partial charge is 0.146 e. The number of nitrogens with zero attached hydrogens (tertiary/aromatic N) is 2. The minimum atomic E-state index is -0.530. The Kier molecular flexibility index (Phi) is 3.39. The average Bonchev–Trinajstić information content (AvgIpc) is 3.30. The monoisotopic (exact) mass is 273 g/mol. The lowest BCUT2D eigenvalue weighted by molar-refractivity contribution is 0.364. The summed E-state index contributed by atoms with van der Waals surface area (Å²) in [6.45, 7) is 0.533. The van der Waals surface area contributed by atoms with Gasteiger partial charge in [0.1, 0.15) is 11.4 Å². The van der Waals surface area contributed by atoms with Gasteiger partial charge in [0.15, 0.2) is 0 Å². The van der Waals surface area contributed by atoms with Gasteiger partial charge in [-0.3, -0.25) is 5.32 Å². The van der Waals surface area contributed by atoms with Gasteiger partial charge in [0.2, 0.25) is 0 Å². The lowest BCUT2D eigenvalue weighted by Crippen LogP contribution is -2.54. The van der Waals surface area contributed by atoms with Crippen molar-refractivity contribution in [3.8, 4) is 6.07 Å². The van der Waals surface area contributed by atoms with Gasteiger partial charge < -0.3 is 4.90 Å². The van der Waals surface area contributed by atoms with E-state index in [1.54, 1.807) is 12.1 Å². The number of hydrogen-bond acceptors (Lipinski definition) is 3. The molecule has 2 aliphatic rings. The Morgan fingerprint density at radius 1 is 1.35 bits per heavy atom. The SMILES string of the molecule is CN(CC(C#N)(NC1CC1)C1CC1)c1ccccc1F. The molecule has 3 rings (SSSR count). The maximum Gasteiger partial charge on any atom is 0.146 e. The van der Waals surface area contributed by atoms with E-state index < -0.39 is 5.54 Å². The van der Waals surface area contributed by atoms with Gasteiger partial charge in [0.25, 0.3) is 0 Å². The number of nitriles is 1. The quantitative estimate of drug-likeness (QED) is 0.866. The van der Waals surface area contributed by atoms with Crippen LogP contribution < -0.4 is 10.2 Å². The first-order valence-corrected chi connectivity index (χ1v) is 7.29. The first kappa shape index (κ1) is 13.4. The van der Waals surface area contributed by atoms with Gasteiger partial charge in [-0.25, -0.2) is 4.39 Å². The Balaban J connectivity index is 1.79. The van der Waals surface area contributed by atoms with Crippen LogP contribution in [0.25, 0.3) is 0 Å². The van der Waals surface area contributed by atoms with E-state index in [0.29, 0.717) is 24.2 Å². The summed E-state index contributed by atoms with van der Waals surface area (Å²) in [7, 11) is 1.86. The van der Waals surface area contributed by atoms with Gasteiger partial charge in [-0.05, 0) is 43.7 Å². The Morgan fingerprint density at radius 2 is 2.05 bits per heavy atom. The van der Waals surface area contributed by atoms with Crippen molar-refractivity contribution in [2.24, 2.45) is 5.92 Å². The Hall–Kier alpha value is -1.60. The van der Waals surface area contributed by atoms with E-state index in [1.807, 2.05) is 18.0 Å². The molecule has 1 N–H and O–H groups in total. The fourth-order valence-corrected chi connectivity index (χ4v) is 2.84. The van der Waals surface area contributed by atoms with Gasteiger partial charge in [-0.2, -0.15) is 5.26 Å². The third-order valence-electron chi connectivity index (χ3n) is 4.26. The molecule has 1 aromatic carbocycles. The number of anilines is 1. The van der Waals surface area contributed by atoms with Crippen LogP contribution in [0.15, 0.2) is 24.3 Å². The summed E-state index contributed by atoms with van der Waals surface area (Å²) in [6, 6.07) is 9.71. The summed E-state index contributed by atoms with van der Waals surface area (Å²) in [6.07, 6.45) is 4.50. The van der Waals surface area contributed by atoms with Crippen LogP contribution in [-0.4, -0.2) is 25.2 Å². The van der Waals surface area contributed by atoms with E-state index in [4.69, 9.17) is 0 Å². The summed E-state index contributed by atoms with van der Waals surface area (Å²) >= 11 is 0. The van der Waals surface area contributed by atoms with E-state index in [-0.39, 0.29) is 5.82 Å². The molecule has 2 saturated carbocycles. The summed E-state index contributed by atoms with van der Waals surface area (Å²) in [5, 5.41) is 13.2. The van der Waals surface area contributed by atoms with Crippen molar-refractivity contribution < 1.29 is 4.39 Å². The molecule has 0 aliphatic heterocycles. The Labute approximate surface area is 119 Å². The number of halogens is 1. The number of para-hydroxylation sites is 1. The van der Waals surface area contributed by atoms with E-state index in [9.17, 15) is 9.65 Å². The second-order valence-corrected chi connectivity index (χ2v) is 6.08. The molecule has 1 aromatic rings. The molecule has 0 amide bonds. The first-order valence-electron chi connectivity index (χ1n) is 7.29. The predicted octanol–water partition coefficient (Wildman–Crippen LogP) is 2.69. The molecule has 106 valence electrons. The summed E-state index contributed by atoms with van der Waals surface area (Å²) in [5.74, 6) is 0.173. The van der Waals surface area contributed by atoms with Crippen LogP contribution in [0.5, 0.6) is 0 Å². The highest BCUT2D eigenvalue weighted by Gasteiger charge is 2.49. The molecular formula is C16H20FN3. The summed E-state index contributed by atoms with van der Waals surface area (Å²) in [4.78, 5) is 1.87. The minimum absolute atomic E-state index is 0.232. The lowest BCUT2D eigenvalue weighted by Gasteiger charge is -2.34. The Bertz CT molecular complexity index is 531. The second-order valence-electron chi connectivity index (χ2n) is 6.08. The molecule has 1 atom stereocenters. The van der Waals surface area contributed by atoms with Gasteiger partial charge in [-0.15, -0.1) is 0 Å². The Morgan fingerprint density at radius 3 is 2.60 bits per heavy atom. The molecule has 2 fully saturated rings. The molecule has 1 unspecified atom stereocenters. The van der Waals surface area contributed by atoms with Gasteiger partial charge in [0, 0.05) is 19.6 Å². The molecule has 4 heteroatoms. The van der Waals surface area contributed by atoms with Crippen molar-refractivity contribution in [3.63, 3.8) is 0 Å². The summed E-state index contributed by atoms with van der Waals surface area (Å²) < 4.78 is 13.9. The normalized spacial score (nSPS) is 21.1. The van der Waals surface area contributed by atoms with Crippen LogP contribution >= 0.6 is 0 Å². The highest BCUT2D eigenvalue weighted by molar-refractivity contribution is 5.48. The van der Waals surface area contributed by atoms with Gasteiger partial charge in [0.05, 0.1) is 11.8 Å². The zero-order valence-electron chi connectivity index (χ0n) is 11.8. The van der Waals surface area contributed by atoms with Crippen LogP contribution in [0.1, 0.15) is 25.7 Å². The van der Waals surface area contributed by atoms with Crippen molar-refractivity contribution in [2.75, 3.05) is 18.5 Å². The van der Waals surface area contributed by atoms with Gasteiger partial charge >= 0.3 is 0 Å². The average molecular weight is 273 g/mol. The topological polar surface area (TPSA) is 39.1 Å². The second kappa shape index (κ2) is 5.06. The third-order valence-corrected chi connectivity index (χ3v) is 4.26. The van der Waals surface area contributed by atoms with E-state index in [0.717, 1.165) is 25.7 Å². The van der Waals surface area contributed by atoms with E-state index in [2.05, 4.69) is 11.4 Å².